The molecule has 0 saturated heterocycles. The molecule has 0 heterocycles. The van der Waals surface area contributed by atoms with Gasteiger partial charge in [0.05, 0.1) is 0 Å². The Morgan fingerprint density at radius 1 is 0.842 bits per heavy atom. The zero-order valence-electron chi connectivity index (χ0n) is 8.64. The fraction of sp³-hybridized carbons (Fsp3) is 1.00. The molecule has 0 N–H and O–H groups in total. The van der Waals surface area contributed by atoms with Crippen molar-refractivity contribution < 1.29 is 52.9 Å². The average Bonchev–Trinajstić information content (AvgIpc) is 1.89. The lowest BCUT2D eigenvalue weighted by atomic mass is 10.4. The Bertz CT molecular complexity index is 299. The second-order valence-corrected chi connectivity index (χ2v) is 4.38. The molecule has 3 nitrogen and oxygen atoms in total. The molecule has 0 aromatic carbocycles. The van der Waals surface area contributed by atoms with Crippen LogP contribution in [0.3, 0.4) is 0 Å². The van der Waals surface area contributed by atoms with E-state index in [-0.39, 0.29) is 0 Å². The maximum atomic E-state index is 12.6. The predicted octanol–water partition coefficient (Wildman–Crippen LogP) is 4.59. The van der Waals surface area contributed by atoms with Gasteiger partial charge in [-0.1, -0.05) is 0 Å². The van der Waals surface area contributed by atoms with Gasteiger partial charge in [0.2, 0.25) is 12.7 Å². The lowest BCUT2D eigenvalue weighted by Crippen LogP contribution is -2.20. The van der Waals surface area contributed by atoms with Crippen molar-refractivity contribution in [2.45, 2.75) is 37.9 Å². The summed E-state index contributed by atoms with van der Waals surface area (Å²) < 4.78 is 123. The SMILES string of the molecule is O=P(F)(OC(F)CC(F)(F)F)OC(F)CC(F)(F)F. The molecule has 0 radical (unpaired) electrons. The molecule has 0 aliphatic carbocycles. The van der Waals surface area contributed by atoms with Crippen molar-refractivity contribution in [3.05, 3.63) is 0 Å². The van der Waals surface area contributed by atoms with E-state index in [1.54, 1.807) is 0 Å². The number of halogens is 9. The van der Waals surface area contributed by atoms with Crippen molar-refractivity contribution >= 4 is 7.91 Å². The van der Waals surface area contributed by atoms with Crippen molar-refractivity contribution in [1.82, 2.24) is 0 Å². The highest BCUT2D eigenvalue weighted by Crippen LogP contribution is 2.54. The highest BCUT2D eigenvalue weighted by atomic mass is 31.2. The van der Waals surface area contributed by atoms with Crippen molar-refractivity contribution in [2.24, 2.45) is 0 Å². The minimum Gasteiger partial charge on any atom is -0.248 e. The van der Waals surface area contributed by atoms with E-state index in [0.717, 1.165) is 0 Å². The fourth-order valence-electron chi connectivity index (χ4n) is 0.737. The maximum absolute atomic E-state index is 12.6. The fourth-order valence-corrected chi connectivity index (χ4v) is 1.48. The third-order valence-electron chi connectivity index (χ3n) is 1.26. The van der Waals surface area contributed by atoms with Crippen LogP contribution in [0.15, 0.2) is 0 Å². The van der Waals surface area contributed by atoms with Crippen LogP contribution in [-0.4, -0.2) is 25.1 Å². The molecule has 0 aromatic rings. The molecule has 2 unspecified atom stereocenters. The van der Waals surface area contributed by atoms with Gasteiger partial charge < -0.3 is 0 Å². The van der Waals surface area contributed by atoms with Gasteiger partial charge in [-0.15, -0.1) is 4.20 Å². The van der Waals surface area contributed by atoms with Crippen LogP contribution in [0.4, 0.5) is 39.3 Å². The van der Waals surface area contributed by atoms with Gasteiger partial charge in [0, 0.05) is 0 Å². The first-order valence-corrected chi connectivity index (χ1v) is 5.72. The van der Waals surface area contributed by atoms with Crippen LogP contribution in [0.25, 0.3) is 0 Å². The summed E-state index contributed by atoms with van der Waals surface area (Å²) in [6, 6.07) is 0. The van der Waals surface area contributed by atoms with Crippen LogP contribution >= 0.6 is 7.91 Å². The largest absolute Gasteiger partial charge is 0.518 e. The Labute approximate surface area is 99.9 Å². The lowest BCUT2D eigenvalue weighted by molar-refractivity contribution is -0.176. The second-order valence-electron chi connectivity index (χ2n) is 3.10. The Morgan fingerprint density at radius 3 is 1.32 bits per heavy atom. The van der Waals surface area contributed by atoms with E-state index >= 15 is 0 Å². The van der Waals surface area contributed by atoms with Gasteiger partial charge in [-0.2, -0.15) is 26.3 Å². The summed E-state index contributed by atoms with van der Waals surface area (Å²) in [7, 11) is -6.23. The predicted molar refractivity (Wildman–Crippen MR) is 42.0 cm³/mol. The number of hydrogen-bond acceptors (Lipinski definition) is 3. The Hall–Kier alpha value is -0.480. The van der Waals surface area contributed by atoms with E-state index in [1.165, 1.54) is 0 Å². The molecule has 116 valence electrons. The molecule has 19 heavy (non-hydrogen) atoms. The number of hydrogen-bond donors (Lipinski definition) is 0. The topological polar surface area (TPSA) is 35.5 Å². The molecule has 2 atom stereocenters. The minimum atomic E-state index is -6.23. The van der Waals surface area contributed by atoms with E-state index in [4.69, 9.17) is 0 Å². The summed E-state index contributed by atoms with van der Waals surface area (Å²) >= 11 is 0. The molecular weight excluding hydrogens is 322 g/mol. The average molecular weight is 328 g/mol. The van der Waals surface area contributed by atoms with E-state index in [2.05, 4.69) is 9.05 Å². The molecule has 0 amide bonds. The molecular formula is C6H6F9O3P. The van der Waals surface area contributed by atoms with Gasteiger partial charge in [0.25, 0.3) is 0 Å². The quantitative estimate of drug-likeness (QED) is 0.528. The molecule has 0 aromatic heterocycles. The summed E-state index contributed by atoms with van der Waals surface area (Å²) in [6.07, 6.45) is -22.1. The van der Waals surface area contributed by atoms with Gasteiger partial charge in [-0.3, -0.25) is 0 Å². The normalized spacial score (nSPS) is 19.8. The third-order valence-corrected chi connectivity index (χ3v) is 2.23. The van der Waals surface area contributed by atoms with E-state index in [1.807, 2.05) is 0 Å². The summed E-state index contributed by atoms with van der Waals surface area (Å²) in [5, 5.41) is 0. The Morgan fingerprint density at radius 2 is 1.11 bits per heavy atom. The standard InChI is InChI=1S/C6H6F9O3P/c7-3(1-5(9,10)11)17-19(15,16)18-4(8)2-6(12,13)14/h3-4H,1-2H2. The van der Waals surface area contributed by atoms with E-state index in [0.29, 0.717) is 0 Å². The summed E-state index contributed by atoms with van der Waals surface area (Å²) in [6.45, 7) is 0. The smallest absolute Gasteiger partial charge is 0.248 e. The summed E-state index contributed by atoms with van der Waals surface area (Å²) in [5.74, 6) is 0. The van der Waals surface area contributed by atoms with Gasteiger partial charge >= 0.3 is 20.3 Å². The first-order valence-electron chi connectivity index (χ1n) is 4.28. The van der Waals surface area contributed by atoms with Gasteiger partial charge in [0.1, 0.15) is 12.8 Å². The van der Waals surface area contributed by atoms with Crippen LogP contribution in [-0.2, 0) is 13.6 Å². The zero-order chi connectivity index (χ0) is 15.5. The van der Waals surface area contributed by atoms with Crippen LogP contribution in [0.1, 0.15) is 12.8 Å². The van der Waals surface area contributed by atoms with Crippen LogP contribution in [0.5, 0.6) is 0 Å². The molecule has 0 spiro atoms. The zero-order valence-corrected chi connectivity index (χ0v) is 9.54. The Kier molecular flexibility index (Phi) is 6.15. The lowest BCUT2D eigenvalue weighted by Gasteiger charge is -2.17. The summed E-state index contributed by atoms with van der Waals surface area (Å²) in [5.41, 5.74) is 0. The molecule has 0 fully saturated rings. The number of rotatable bonds is 6. The summed E-state index contributed by atoms with van der Waals surface area (Å²) in [4.78, 5) is 0. The Balaban J connectivity index is 4.36. The molecule has 0 saturated carbocycles. The number of alkyl halides is 8. The molecule has 13 heteroatoms. The van der Waals surface area contributed by atoms with Gasteiger partial charge in [0.15, 0.2) is 0 Å². The maximum Gasteiger partial charge on any atom is 0.518 e. The minimum absolute atomic E-state index is 2.39. The molecule has 0 aliphatic heterocycles. The van der Waals surface area contributed by atoms with Gasteiger partial charge in [-0.25, -0.2) is 22.4 Å². The highest BCUT2D eigenvalue weighted by molar-refractivity contribution is 7.48. The van der Waals surface area contributed by atoms with Crippen molar-refractivity contribution in [1.29, 1.82) is 0 Å². The van der Waals surface area contributed by atoms with Crippen molar-refractivity contribution in [2.75, 3.05) is 0 Å². The van der Waals surface area contributed by atoms with E-state index in [9.17, 15) is 43.9 Å². The third kappa shape index (κ3) is 11.1. The molecule has 0 bridgehead atoms. The molecule has 0 aliphatic rings. The highest BCUT2D eigenvalue weighted by Gasteiger charge is 2.41. The van der Waals surface area contributed by atoms with Crippen LogP contribution < -0.4 is 0 Å². The molecule has 0 rings (SSSR count). The monoisotopic (exact) mass is 328 g/mol. The van der Waals surface area contributed by atoms with Gasteiger partial charge in [-0.05, 0) is 0 Å². The van der Waals surface area contributed by atoms with E-state index < -0.39 is 45.8 Å². The van der Waals surface area contributed by atoms with Crippen molar-refractivity contribution in [3.63, 3.8) is 0 Å². The first-order chi connectivity index (χ1) is 8.20. The van der Waals surface area contributed by atoms with Crippen molar-refractivity contribution in [3.8, 4) is 0 Å². The van der Waals surface area contributed by atoms with Crippen LogP contribution in [0, 0.1) is 0 Å². The van der Waals surface area contributed by atoms with Crippen LogP contribution in [0.2, 0.25) is 0 Å². The second kappa shape index (κ2) is 6.31. The first kappa shape index (κ1) is 18.5.